The van der Waals surface area contributed by atoms with Crippen molar-refractivity contribution in [3.05, 3.63) is 0 Å². The maximum Gasteiger partial charge on any atom is 0.237 e. The largest absolute Gasteiger partial charge is 0.378 e. The summed E-state index contributed by atoms with van der Waals surface area (Å²) < 4.78 is 5.34. The Morgan fingerprint density at radius 3 is 3.06 bits per heavy atom. The van der Waals surface area contributed by atoms with Gasteiger partial charge in [-0.3, -0.25) is 9.69 Å². The SMILES string of the molecule is NC(=O)C1COCCN1C1CCCNCC1. The number of nitrogens with two attached hydrogens (primary N) is 1. The van der Waals surface area contributed by atoms with Crippen molar-refractivity contribution in [3.8, 4) is 0 Å². The first-order chi connectivity index (χ1) is 7.79. The highest BCUT2D eigenvalue weighted by atomic mass is 16.5. The molecule has 2 rings (SSSR count). The van der Waals surface area contributed by atoms with Crippen LogP contribution in [0.4, 0.5) is 0 Å². The van der Waals surface area contributed by atoms with Crippen LogP contribution in [-0.4, -0.2) is 55.7 Å². The number of hydrogen-bond acceptors (Lipinski definition) is 4. The number of carbonyl (C=O) groups is 1. The van der Waals surface area contributed by atoms with Crippen LogP contribution >= 0.6 is 0 Å². The molecule has 16 heavy (non-hydrogen) atoms. The predicted octanol–water partition coefficient (Wildman–Crippen LogP) is -0.685. The minimum atomic E-state index is -0.253. The number of carbonyl (C=O) groups excluding carboxylic acids is 1. The van der Waals surface area contributed by atoms with Gasteiger partial charge in [0, 0.05) is 12.6 Å². The molecule has 2 aliphatic heterocycles. The van der Waals surface area contributed by atoms with Crippen molar-refractivity contribution in [2.75, 3.05) is 32.8 Å². The van der Waals surface area contributed by atoms with Crippen molar-refractivity contribution in [2.24, 2.45) is 5.73 Å². The Hall–Kier alpha value is -0.650. The average molecular weight is 227 g/mol. The van der Waals surface area contributed by atoms with Crippen molar-refractivity contribution >= 4 is 5.91 Å². The molecule has 2 unspecified atom stereocenters. The lowest BCUT2D eigenvalue weighted by Gasteiger charge is -2.39. The second-order valence-electron chi connectivity index (χ2n) is 4.57. The lowest BCUT2D eigenvalue weighted by molar-refractivity contribution is -0.131. The molecule has 2 atom stereocenters. The van der Waals surface area contributed by atoms with Gasteiger partial charge >= 0.3 is 0 Å². The number of primary amides is 1. The second-order valence-corrected chi connectivity index (χ2v) is 4.57. The Morgan fingerprint density at radius 1 is 1.38 bits per heavy atom. The quantitative estimate of drug-likeness (QED) is 0.655. The van der Waals surface area contributed by atoms with Gasteiger partial charge in [-0.25, -0.2) is 0 Å². The van der Waals surface area contributed by atoms with Gasteiger partial charge in [0.15, 0.2) is 0 Å². The summed E-state index contributed by atoms with van der Waals surface area (Å²) in [5, 5.41) is 3.39. The summed E-state index contributed by atoms with van der Waals surface area (Å²) in [4.78, 5) is 13.6. The molecule has 92 valence electrons. The van der Waals surface area contributed by atoms with E-state index in [4.69, 9.17) is 10.5 Å². The number of rotatable bonds is 2. The molecule has 0 saturated carbocycles. The molecular weight excluding hydrogens is 206 g/mol. The molecule has 0 aromatic heterocycles. The van der Waals surface area contributed by atoms with E-state index >= 15 is 0 Å². The van der Waals surface area contributed by atoms with Crippen LogP contribution in [0.2, 0.25) is 0 Å². The van der Waals surface area contributed by atoms with E-state index in [-0.39, 0.29) is 11.9 Å². The van der Waals surface area contributed by atoms with E-state index < -0.39 is 0 Å². The summed E-state index contributed by atoms with van der Waals surface area (Å²) in [5.41, 5.74) is 5.43. The third-order valence-electron chi connectivity index (χ3n) is 3.51. The topological polar surface area (TPSA) is 67.6 Å². The summed E-state index contributed by atoms with van der Waals surface area (Å²) >= 11 is 0. The zero-order valence-corrected chi connectivity index (χ0v) is 9.65. The molecule has 0 radical (unpaired) electrons. The molecule has 1 amide bonds. The Morgan fingerprint density at radius 2 is 2.25 bits per heavy atom. The summed E-state index contributed by atoms with van der Waals surface area (Å²) in [6.07, 6.45) is 3.42. The highest BCUT2D eigenvalue weighted by Gasteiger charge is 2.32. The van der Waals surface area contributed by atoms with Crippen molar-refractivity contribution in [1.82, 2.24) is 10.2 Å². The van der Waals surface area contributed by atoms with Gasteiger partial charge < -0.3 is 15.8 Å². The van der Waals surface area contributed by atoms with Gasteiger partial charge in [0.2, 0.25) is 5.91 Å². The van der Waals surface area contributed by atoms with Crippen molar-refractivity contribution in [2.45, 2.75) is 31.3 Å². The summed E-state index contributed by atoms with van der Waals surface area (Å²) in [6, 6.07) is 0.258. The number of nitrogens with one attached hydrogen (secondary N) is 1. The normalized spacial score (nSPS) is 33.2. The molecule has 5 heteroatoms. The van der Waals surface area contributed by atoms with Gasteiger partial charge in [-0.15, -0.1) is 0 Å². The van der Waals surface area contributed by atoms with E-state index in [1.54, 1.807) is 0 Å². The van der Waals surface area contributed by atoms with E-state index in [0.29, 0.717) is 19.3 Å². The third kappa shape index (κ3) is 2.72. The Labute approximate surface area is 96.3 Å². The fraction of sp³-hybridized carbons (Fsp3) is 0.909. The summed E-state index contributed by atoms with van der Waals surface area (Å²) in [7, 11) is 0. The van der Waals surface area contributed by atoms with E-state index in [9.17, 15) is 4.79 Å². The monoisotopic (exact) mass is 227 g/mol. The number of nitrogens with zero attached hydrogens (tertiary/aromatic N) is 1. The van der Waals surface area contributed by atoms with Crippen LogP contribution in [0.15, 0.2) is 0 Å². The summed E-state index contributed by atoms with van der Waals surface area (Å²) in [6.45, 7) is 4.13. The highest BCUT2D eigenvalue weighted by Crippen LogP contribution is 2.18. The van der Waals surface area contributed by atoms with Gasteiger partial charge in [-0.05, 0) is 32.4 Å². The van der Waals surface area contributed by atoms with Crippen LogP contribution in [0, 0.1) is 0 Å². The van der Waals surface area contributed by atoms with Crippen LogP contribution < -0.4 is 11.1 Å². The lowest BCUT2D eigenvalue weighted by Crippen LogP contribution is -2.56. The molecular formula is C11H21N3O2. The molecule has 3 N–H and O–H groups in total. The minimum Gasteiger partial charge on any atom is -0.378 e. The predicted molar refractivity (Wildman–Crippen MR) is 61.0 cm³/mol. The van der Waals surface area contributed by atoms with Crippen LogP contribution in [-0.2, 0) is 9.53 Å². The van der Waals surface area contributed by atoms with Gasteiger partial charge in [-0.1, -0.05) is 0 Å². The van der Waals surface area contributed by atoms with Crippen LogP contribution in [0.5, 0.6) is 0 Å². The fourth-order valence-corrected chi connectivity index (χ4v) is 2.63. The molecule has 2 heterocycles. The van der Waals surface area contributed by atoms with E-state index in [1.165, 1.54) is 6.42 Å². The molecule has 2 saturated heterocycles. The van der Waals surface area contributed by atoms with E-state index in [2.05, 4.69) is 10.2 Å². The molecule has 5 nitrogen and oxygen atoms in total. The smallest absolute Gasteiger partial charge is 0.237 e. The number of hydrogen-bond donors (Lipinski definition) is 2. The Balaban J connectivity index is 2.00. The highest BCUT2D eigenvalue weighted by molar-refractivity contribution is 5.80. The van der Waals surface area contributed by atoms with Crippen LogP contribution in [0.3, 0.4) is 0 Å². The lowest BCUT2D eigenvalue weighted by atomic mass is 10.0. The molecule has 2 fully saturated rings. The molecule has 0 bridgehead atoms. The molecule has 0 aromatic rings. The zero-order chi connectivity index (χ0) is 11.4. The first kappa shape index (κ1) is 11.8. The minimum absolute atomic E-state index is 0.225. The second kappa shape index (κ2) is 5.61. The first-order valence-electron chi connectivity index (χ1n) is 6.12. The summed E-state index contributed by atoms with van der Waals surface area (Å²) in [5.74, 6) is -0.253. The fourth-order valence-electron chi connectivity index (χ4n) is 2.63. The molecule has 0 spiro atoms. The number of ether oxygens (including phenoxy) is 1. The molecule has 0 aromatic carbocycles. The maximum absolute atomic E-state index is 11.4. The first-order valence-corrected chi connectivity index (χ1v) is 6.12. The van der Waals surface area contributed by atoms with Crippen LogP contribution in [0.25, 0.3) is 0 Å². The van der Waals surface area contributed by atoms with Crippen molar-refractivity contribution in [1.29, 1.82) is 0 Å². The van der Waals surface area contributed by atoms with Gasteiger partial charge in [0.1, 0.15) is 6.04 Å². The molecule has 2 aliphatic rings. The van der Waals surface area contributed by atoms with Crippen molar-refractivity contribution < 1.29 is 9.53 Å². The number of morpholine rings is 1. The molecule has 0 aliphatic carbocycles. The average Bonchev–Trinajstić information content (AvgIpc) is 2.57. The van der Waals surface area contributed by atoms with Gasteiger partial charge in [-0.2, -0.15) is 0 Å². The van der Waals surface area contributed by atoms with Gasteiger partial charge in [0.25, 0.3) is 0 Å². The van der Waals surface area contributed by atoms with E-state index in [0.717, 1.165) is 32.5 Å². The van der Waals surface area contributed by atoms with Gasteiger partial charge in [0.05, 0.1) is 13.2 Å². The van der Waals surface area contributed by atoms with E-state index in [1.807, 2.05) is 0 Å². The van der Waals surface area contributed by atoms with Crippen molar-refractivity contribution in [3.63, 3.8) is 0 Å². The zero-order valence-electron chi connectivity index (χ0n) is 9.65. The Bertz CT molecular complexity index is 239. The van der Waals surface area contributed by atoms with Crippen LogP contribution in [0.1, 0.15) is 19.3 Å². The number of amides is 1. The standard InChI is InChI=1S/C11H21N3O2/c12-11(15)10-8-16-7-6-14(10)9-2-1-4-13-5-3-9/h9-10,13H,1-8H2,(H2,12,15). The maximum atomic E-state index is 11.4. The third-order valence-corrected chi connectivity index (χ3v) is 3.51. The Kier molecular flexibility index (Phi) is 4.15.